The topological polar surface area (TPSA) is 46.2 Å². The Bertz CT molecular complexity index is 10.8. The Morgan fingerprint density at radius 1 is 0.833 bits per heavy atom. The summed E-state index contributed by atoms with van der Waals surface area (Å²) in [6, 6.07) is 0. The van der Waals surface area contributed by atoms with E-state index in [9.17, 15) is 0 Å². The number of hydrogen-bond acceptors (Lipinski definition) is 2. The van der Waals surface area contributed by atoms with Crippen LogP contribution in [0.4, 0.5) is 0 Å². The van der Waals surface area contributed by atoms with E-state index in [1.165, 1.54) is 0 Å². The Labute approximate surface area is 84.6 Å². The van der Waals surface area contributed by atoms with Crippen LogP contribution in [0, 0.1) is 37.3 Å². The van der Waals surface area contributed by atoms with Crippen LogP contribution in [0.15, 0.2) is 0 Å². The van der Waals surface area contributed by atoms with Crippen LogP contribution in [0.5, 0.6) is 0 Å². The van der Waals surface area contributed by atoms with Crippen molar-refractivity contribution >= 4 is 0 Å². The van der Waals surface area contributed by atoms with Crippen LogP contribution in [0.1, 0.15) is 0 Å². The number of halogens is 3. The van der Waals surface area contributed by atoms with E-state index in [4.69, 9.17) is 5.21 Å². The van der Waals surface area contributed by atoms with Gasteiger partial charge in [0.05, 0.1) is 0 Å². The summed E-state index contributed by atoms with van der Waals surface area (Å²) in [5.41, 5.74) is 0. The number of rotatable bonds is 0. The van der Waals surface area contributed by atoms with Crippen LogP contribution >= 0.6 is 0 Å². The average Bonchev–Trinajstić information content (AvgIpc) is 1.00. The molecule has 0 fully saturated rings. The van der Waals surface area contributed by atoms with E-state index in [0.717, 1.165) is 0 Å². The fourth-order valence-corrected chi connectivity index (χ4v) is 0. The van der Waals surface area contributed by atoms with Crippen LogP contribution in [-0.4, -0.2) is 5.21 Å². The zero-order valence-corrected chi connectivity index (χ0v) is 6.57. The van der Waals surface area contributed by atoms with Gasteiger partial charge in [-0.25, -0.2) is 5.90 Å². The summed E-state index contributed by atoms with van der Waals surface area (Å²) in [7, 11) is 0. The number of hydrogen-bond donors (Lipinski definition) is 2. The Morgan fingerprint density at radius 2 is 0.833 bits per heavy atom. The first-order valence-corrected chi connectivity index (χ1v) is 0.258. The van der Waals surface area contributed by atoms with Gasteiger partial charge in [0.2, 0.25) is 0 Å². The quantitative estimate of drug-likeness (QED) is 0.437. The molecule has 0 heterocycles. The van der Waals surface area contributed by atoms with E-state index in [1.54, 1.807) is 0 Å². The first-order chi connectivity index (χ1) is 1.00. The molecule has 3 N–H and O–H groups in total. The van der Waals surface area contributed by atoms with Crippen LogP contribution in [0.2, 0.25) is 0 Å². The van der Waals surface area contributed by atoms with Gasteiger partial charge in [0, 0.05) is 0 Å². The predicted molar refractivity (Wildman–Crippen MR) is 5.97 cm³/mol. The van der Waals surface area contributed by atoms with E-state index >= 15 is 0 Å². The van der Waals surface area contributed by atoms with Crippen molar-refractivity contribution in [2.45, 2.75) is 0 Å². The molecule has 0 aromatic heterocycles. The summed E-state index contributed by atoms with van der Waals surface area (Å²) in [6.45, 7) is 0. The Balaban J connectivity index is -0.000000000833. The summed E-state index contributed by atoms with van der Waals surface area (Å²) >= 11 is 0. The second-order valence-electron chi connectivity index (χ2n) is 0. The minimum absolute atomic E-state index is 0. The second-order valence-corrected chi connectivity index (χ2v) is 0. The van der Waals surface area contributed by atoms with E-state index < -0.39 is 0 Å². The number of nitrogens with two attached hydrogens (primary N) is 1. The molecule has 1 radical (unpaired) electrons. The van der Waals surface area contributed by atoms with Gasteiger partial charge in [0.1, 0.15) is 0 Å². The molecule has 0 atom stereocenters. The smallest absolute Gasteiger partial charge is 1.00 e. The van der Waals surface area contributed by atoms with Gasteiger partial charge in [0.25, 0.3) is 0 Å². The van der Waals surface area contributed by atoms with Crippen LogP contribution in [0.3, 0.4) is 0 Å². The Morgan fingerprint density at radius 3 is 0.833 bits per heavy atom. The van der Waals surface area contributed by atoms with E-state index in [0.29, 0.717) is 0 Å². The molecule has 47 valence electrons. The molecule has 6 heteroatoms. The third-order valence-corrected chi connectivity index (χ3v) is 0. The largest absolute Gasteiger partial charge is 3.00 e. The first-order valence-electron chi connectivity index (χ1n) is 0.258. The summed E-state index contributed by atoms with van der Waals surface area (Å²) < 4.78 is 0. The fraction of sp³-hybridized carbons (Fsp3) is 0. The maximum absolute atomic E-state index is 6.50. The molecule has 0 amide bonds. The molecule has 0 saturated heterocycles. The van der Waals surface area contributed by atoms with Crippen molar-refractivity contribution in [1.29, 1.82) is 0 Å². The van der Waals surface area contributed by atoms with Crippen LogP contribution in [0.25, 0.3) is 0 Å². The third kappa shape index (κ3) is 36.9. The van der Waals surface area contributed by atoms with Crippen LogP contribution < -0.4 is 43.1 Å². The molecule has 0 aromatic rings. The molecule has 0 aliphatic carbocycles. The van der Waals surface area contributed by atoms with Crippen molar-refractivity contribution in [3.63, 3.8) is 0 Å². The first kappa shape index (κ1) is 43.2. The van der Waals surface area contributed by atoms with Crippen molar-refractivity contribution in [1.82, 2.24) is 0 Å². The van der Waals surface area contributed by atoms with Gasteiger partial charge >= 0.3 is 37.3 Å². The third-order valence-electron chi connectivity index (χ3n) is 0. The summed E-state index contributed by atoms with van der Waals surface area (Å²) in [5, 5.41) is 6.50. The van der Waals surface area contributed by atoms with Gasteiger partial charge in [-0.1, -0.05) is 0 Å². The van der Waals surface area contributed by atoms with Crippen molar-refractivity contribution in [2.75, 3.05) is 0 Å². The van der Waals surface area contributed by atoms with Crippen LogP contribution in [-0.2, 0) is 0 Å². The van der Waals surface area contributed by atoms with Gasteiger partial charge in [-0.05, 0) is 0 Å². The normalized spacial score (nSPS) is 1.00. The SMILES string of the molecule is NO.[Cl-].[Cl-].[Cl-].[Er+3]. The van der Waals surface area contributed by atoms with Crippen molar-refractivity contribution in [3.8, 4) is 0 Å². The molecular weight excluding hydrogens is 304 g/mol. The van der Waals surface area contributed by atoms with Gasteiger partial charge in [0.15, 0.2) is 0 Å². The summed E-state index contributed by atoms with van der Waals surface area (Å²) in [4.78, 5) is 0. The molecule has 0 aliphatic rings. The monoisotopic (exact) mass is 304 g/mol. The molecule has 2 nitrogen and oxygen atoms in total. The molecule has 0 saturated carbocycles. The molecule has 0 aromatic carbocycles. The van der Waals surface area contributed by atoms with Crippen molar-refractivity contribution in [3.05, 3.63) is 0 Å². The molecule has 0 unspecified atom stereocenters. The zero-order valence-electron chi connectivity index (χ0n) is 2.45. The fourth-order valence-electron chi connectivity index (χ4n) is 0. The molecule has 0 bridgehead atoms. The zero-order chi connectivity index (χ0) is 2.00. The summed E-state index contributed by atoms with van der Waals surface area (Å²) in [6.07, 6.45) is 0. The van der Waals surface area contributed by atoms with Gasteiger partial charge in [-0.3, -0.25) is 0 Å². The average molecular weight is 307 g/mol. The van der Waals surface area contributed by atoms with Gasteiger partial charge < -0.3 is 42.4 Å². The second kappa shape index (κ2) is 61.8. The van der Waals surface area contributed by atoms with Crippen molar-refractivity contribution in [2.24, 2.45) is 5.90 Å². The van der Waals surface area contributed by atoms with Gasteiger partial charge in [-0.2, -0.15) is 0 Å². The Kier molecular flexibility index (Phi) is 445. The molecule has 0 aliphatic heterocycles. The van der Waals surface area contributed by atoms with Crippen molar-refractivity contribution < 1.29 is 79.7 Å². The standard InChI is InChI=1S/3ClH.Er.H3NO/c;;;;1-2/h3*1H;;2H,1H2/q;;;+3;/p-3. The maximum atomic E-state index is 6.50. The molecule has 6 heavy (non-hydrogen) atoms. The summed E-state index contributed by atoms with van der Waals surface area (Å²) in [5.74, 6) is 3.50. The van der Waals surface area contributed by atoms with E-state index in [-0.39, 0.29) is 74.5 Å². The predicted octanol–water partition coefficient (Wildman–Crippen LogP) is -9.65. The van der Waals surface area contributed by atoms with E-state index in [2.05, 4.69) is 5.90 Å². The molecule has 0 rings (SSSR count). The molecule has 0 spiro atoms. The minimum Gasteiger partial charge on any atom is -1.00 e. The maximum Gasteiger partial charge on any atom is 3.00 e. The van der Waals surface area contributed by atoms with E-state index in [1.807, 2.05) is 0 Å². The molecular formula is H3Cl3ErNO. The Hall–Kier alpha value is 2.04. The van der Waals surface area contributed by atoms with Gasteiger partial charge in [-0.15, -0.1) is 0 Å². The minimum atomic E-state index is 0.